The van der Waals surface area contributed by atoms with E-state index in [0.717, 1.165) is 12.8 Å². The molecule has 0 bridgehead atoms. The Kier molecular flexibility index (Phi) is 7.34. The summed E-state index contributed by atoms with van der Waals surface area (Å²) in [5, 5.41) is 0. The summed E-state index contributed by atoms with van der Waals surface area (Å²) in [6, 6.07) is 8.31. The van der Waals surface area contributed by atoms with Crippen LogP contribution in [0.3, 0.4) is 0 Å². The number of hydrogen-bond acceptors (Lipinski definition) is 2. The van der Waals surface area contributed by atoms with Gasteiger partial charge in [0.05, 0.1) is 0 Å². The zero-order valence-corrected chi connectivity index (χ0v) is 15.3. The second-order valence-electron chi connectivity index (χ2n) is 6.90. The van der Waals surface area contributed by atoms with Crippen LogP contribution in [-0.2, 0) is 11.2 Å². The van der Waals surface area contributed by atoms with Gasteiger partial charge >= 0.3 is 6.09 Å². The molecule has 0 radical (unpaired) electrons. The highest BCUT2D eigenvalue weighted by Gasteiger charge is 2.23. The van der Waals surface area contributed by atoms with E-state index in [4.69, 9.17) is 4.74 Å². The number of ether oxygens (including phenoxy) is 1. The van der Waals surface area contributed by atoms with Crippen molar-refractivity contribution in [3.63, 3.8) is 0 Å². The molecule has 0 saturated heterocycles. The Labute approximate surface area is 141 Å². The molecular weight excluding hydrogens is 286 g/mol. The highest BCUT2D eigenvalue weighted by Crippen LogP contribution is 2.19. The first-order valence-corrected chi connectivity index (χ1v) is 8.49. The summed E-state index contributed by atoms with van der Waals surface area (Å²) in [6.07, 6.45) is 3.63. The van der Waals surface area contributed by atoms with Crippen LogP contribution in [0.25, 0.3) is 6.08 Å². The molecule has 0 aliphatic heterocycles. The van der Waals surface area contributed by atoms with Crippen molar-refractivity contribution in [2.24, 2.45) is 5.92 Å². The lowest BCUT2D eigenvalue weighted by atomic mass is 9.93. The average molecular weight is 317 g/mol. The van der Waals surface area contributed by atoms with Crippen LogP contribution in [0.15, 0.2) is 30.8 Å². The van der Waals surface area contributed by atoms with E-state index in [-0.39, 0.29) is 6.09 Å². The Morgan fingerprint density at radius 2 is 1.96 bits per heavy atom. The van der Waals surface area contributed by atoms with E-state index in [0.29, 0.717) is 19.0 Å². The first-order chi connectivity index (χ1) is 10.8. The van der Waals surface area contributed by atoms with Gasteiger partial charge in [0.15, 0.2) is 0 Å². The molecule has 0 aliphatic carbocycles. The Balaban J connectivity index is 2.77. The molecule has 3 heteroatoms. The van der Waals surface area contributed by atoms with Gasteiger partial charge in [0.1, 0.15) is 5.60 Å². The van der Waals surface area contributed by atoms with Crippen molar-refractivity contribution in [2.75, 3.05) is 13.1 Å². The fourth-order valence-corrected chi connectivity index (χ4v) is 2.54. The maximum Gasteiger partial charge on any atom is 0.410 e. The van der Waals surface area contributed by atoms with E-state index in [1.54, 1.807) is 4.90 Å². The Morgan fingerprint density at radius 3 is 2.48 bits per heavy atom. The van der Waals surface area contributed by atoms with Crippen LogP contribution < -0.4 is 0 Å². The van der Waals surface area contributed by atoms with Gasteiger partial charge < -0.3 is 9.64 Å². The fourth-order valence-electron chi connectivity index (χ4n) is 2.54. The molecule has 0 fully saturated rings. The number of nitrogens with zero attached hydrogens (tertiary/aromatic N) is 1. The molecule has 0 spiro atoms. The van der Waals surface area contributed by atoms with Gasteiger partial charge in [-0.05, 0) is 51.2 Å². The van der Waals surface area contributed by atoms with Crippen molar-refractivity contribution in [3.05, 3.63) is 42.0 Å². The summed E-state index contributed by atoms with van der Waals surface area (Å²) < 4.78 is 5.50. The normalized spacial score (nSPS) is 12.6. The second-order valence-corrected chi connectivity index (χ2v) is 6.90. The van der Waals surface area contributed by atoms with Crippen LogP contribution in [0.5, 0.6) is 0 Å². The highest BCUT2D eigenvalue weighted by molar-refractivity contribution is 5.68. The second kappa shape index (κ2) is 8.76. The standard InChI is InChI=1S/C20H31NO2/c1-7-16(14-18-13-11-10-12-17(18)8-2)15-21(9-3)19(22)23-20(4,5)6/h8,10-13,16H,2,7,9,14-15H2,1,3-6H3. The minimum Gasteiger partial charge on any atom is -0.444 e. The van der Waals surface area contributed by atoms with Gasteiger partial charge in [0, 0.05) is 13.1 Å². The van der Waals surface area contributed by atoms with Crippen molar-refractivity contribution in [1.82, 2.24) is 4.90 Å². The van der Waals surface area contributed by atoms with Crippen LogP contribution in [-0.4, -0.2) is 29.7 Å². The van der Waals surface area contributed by atoms with Gasteiger partial charge in [0.25, 0.3) is 0 Å². The van der Waals surface area contributed by atoms with Crippen LogP contribution in [0.4, 0.5) is 4.79 Å². The molecule has 1 aromatic rings. The van der Waals surface area contributed by atoms with E-state index in [9.17, 15) is 4.79 Å². The SMILES string of the molecule is C=Cc1ccccc1CC(CC)CN(CC)C(=O)OC(C)(C)C. The molecule has 128 valence electrons. The van der Waals surface area contributed by atoms with Gasteiger partial charge in [-0.15, -0.1) is 0 Å². The predicted molar refractivity (Wildman–Crippen MR) is 97.5 cm³/mol. The molecular formula is C20H31NO2. The van der Waals surface area contributed by atoms with E-state index >= 15 is 0 Å². The number of amides is 1. The molecule has 1 amide bonds. The number of benzene rings is 1. The van der Waals surface area contributed by atoms with Crippen molar-refractivity contribution < 1.29 is 9.53 Å². The molecule has 23 heavy (non-hydrogen) atoms. The van der Waals surface area contributed by atoms with Crippen molar-refractivity contribution in [3.8, 4) is 0 Å². The number of hydrogen-bond donors (Lipinski definition) is 0. The van der Waals surface area contributed by atoms with Gasteiger partial charge in [-0.3, -0.25) is 0 Å². The predicted octanol–water partition coefficient (Wildman–Crippen LogP) is 5.16. The van der Waals surface area contributed by atoms with E-state index in [1.807, 2.05) is 39.8 Å². The maximum atomic E-state index is 12.3. The zero-order valence-electron chi connectivity index (χ0n) is 15.3. The topological polar surface area (TPSA) is 29.5 Å². The third-order valence-electron chi connectivity index (χ3n) is 3.87. The molecule has 0 aromatic heterocycles. The first-order valence-electron chi connectivity index (χ1n) is 8.49. The van der Waals surface area contributed by atoms with E-state index < -0.39 is 5.60 Å². The van der Waals surface area contributed by atoms with Crippen molar-refractivity contribution in [1.29, 1.82) is 0 Å². The smallest absolute Gasteiger partial charge is 0.410 e. The van der Waals surface area contributed by atoms with Crippen molar-refractivity contribution in [2.45, 2.75) is 53.1 Å². The lowest BCUT2D eigenvalue weighted by Crippen LogP contribution is -2.39. The molecule has 0 aliphatic rings. The van der Waals surface area contributed by atoms with E-state index in [2.05, 4.69) is 31.7 Å². The van der Waals surface area contributed by atoms with Gasteiger partial charge in [-0.2, -0.15) is 0 Å². The quantitative estimate of drug-likeness (QED) is 0.695. The lowest BCUT2D eigenvalue weighted by molar-refractivity contribution is 0.0230. The number of carbonyl (C=O) groups is 1. The molecule has 0 heterocycles. The minimum absolute atomic E-state index is 0.226. The van der Waals surface area contributed by atoms with Gasteiger partial charge in [-0.1, -0.05) is 50.3 Å². The zero-order chi connectivity index (χ0) is 17.5. The van der Waals surface area contributed by atoms with Crippen molar-refractivity contribution >= 4 is 12.2 Å². The monoisotopic (exact) mass is 317 g/mol. The summed E-state index contributed by atoms with van der Waals surface area (Å²) >= 11 is 0. The largest absolute Gasteiger partial charge is 0.444 e. The molecule has 3 nitrogen and oxygen atoms in total. The molecule has 1 atom stereocenters. The van der Waals surface area contributed by atoms with Gasteiger partial charge in [0.2, 0.25) is 0 Å². The Morgan fingerprint density at radius 1 is 1.30 bits per heavy atom. The third kappa shape index (κ3) is 6.47. The molecule has 0 N–H and O–H groups in total. The Bertz CT molecular complexity index is 517. The first kappa shape index (κ1) is 19.3. The molecule has 1 aromatic carbocycles. The lowest BCUT2D eigenvalue weighted by Gasteiger charge is -2.29. The number of rotatable bonds is 7. The van der Waals surface area contributed by atoms with Gasteiger partial charge in [-0.25, -0.2) is 4.79 Å². The fraction of sp³-hybridized carbons (Fsp3) is 0.550. The Hall–Kier alpha value is -1.77. The van der Waals surface area contributed by atoms with Crippen LogP contribution >= 0.6 is 0 Å². The van der Waals surface area contributed by atoms with Crippen LogP contribution in [0.1, 0.15) is 52.2 Å². The number of carbonyl (C=O) groups excluding carboxylic acids is 1. The summed E-state index contributed by atoms with van der Waals surface area (Å²) in [4.78, 5) is 14.1. The molecule has 1 rings (SSSR count). The average Bonchev–Trinajstić information content (AvgIpc) is 2.49. The van der Waals surface area contributed by atoms with Crippen LogP contribution in [0.2, 0.25) is 0 Å². The third-order valence-corrected chi connectivity index (χ3v) is 3.87. The highest BCUT2D eigenvalue weighted by atomic mass is 16.6. The maximum absolute atomic E-state index is 12.3. The summed E-state index contributed by atoms with van der Waals surface area (Å²) in [7, 11) is 0. The van der Waals surface area contributed by atoms with E-state index in [1.165, 1.54) is 11.1 Å². The summed E-state index contributed by atoms with van der Waals surface area (Å²) in [5.41, 5.74) is 2.00. The molecule has 0 saturated carbocycles. The molecule has 1 unspecified atom stereocenters. The summed E-state index contributed by atoms with van der Waals surface area (Å²) in [5.74, 6) is 0.406. The minimum atomic E-state index is -0.457. The van der Waals surface area contributed by atoms with Crippen LogP contribution in [0, 0.1) is 5.92 Å². The summed E-state index contributed by atoms with van der Waals surface area (Å²) in [6.45, 7) is 15.1.